The van der Waals surface area contributed by atoms with Crippen molar-refractivity contribution in [2.24, 2.45) is 0 Å². The molecule has 0 aliphatic heterocycles. The fourth-order valence-electron chi connectivity index (χ4n) is 2.85. The molecule has 0 aliphatic rings. The van der Waals surface area contributed by atoms with Gasteiger partial charge in [0.2, 0.25) is 0 Å². The summed E-state index contributed by atoms with van der Waals surface area (Å²) in [5, 5.41) is 0. The third kappa shape index (κ3) is 15.3. The standard InChI is InChI=1S/C22H52O7Si3/c1-15-26-30(12,17-23-20(3,4)5)28-32(14,19-25-22(9,10)11)29-31(13,27-16-2)18-24-21(6,7)8/h15-19H2,1-14H3. The average Bonchev–Trinajstić information content (AvgIpc) is 2.55. The first-order chi connectivity index (χ1) is 14.2. The van der Waals surface area contributed by atoms with Crippen LogP contribution in [0.25, 0.3) is 0 Å². The lowest BCUT2D eigenvalue weighted by molar-refractivity contribution is -0.00671. The van der Waals surface area contributed by atoms with Crippen LogP contribution in [0.5, 0.6) is 0 Å². The Morgan fingerprint density at radius 3 is 0.938 bits per heavy atom. The smallest absolute Gasteiger partial charge is 0.352 e. The summed E-state index contributed by atoms with van der Waals surface area (Å²) in [5.41, 5.74) is -0.896. The van der Waals surface area contributed by atoms with E-state index in [1.165, 1.54) is 0 Å². The maximum Gasteiger partial charge on any atom is 0.352 e. The Balaban J connectivity index is 5.90. The van der Waals surface area contributed by atoms with Crippen LogP contribution in [-0.4, -0.2) is 74.4 Å². The molecule has 7 nitrogen and oxygen atoms in total. The van der Waals surface area contributed by atoms with Crippen LogP contribution in [0.15, 0.2) is 0 Å². The summed E-state index contributed by atoms with van der Waals surface area (Å²) in [7, 11) is -8.33. The highest BCUT2D eigenvalue weighted by Crippen LogP contribution is 2.26. The summed E-state index contributed by atoms with van der Waals surface area (Å²) in [6, 6.07) is 0. The number of rotatable bonds is 14. The Hall–Kier alpha value is 0.371. The monoisotopic (exact) mass is 512 g/mol. The third-order valence-electron chi connectivity index (χ3n) is 4.07. The van der Waals surface area contributed by atoms with Crippen molar-refractivity contribution >= 4 is 25.7 Å². The fourth-order valence-corrected chi connectivity index (χ4v) is 15.6. The molecule has 0 amide bonds. The van der Waals surface area contributed by atoms with E-state index in [2.05, 4.69) is 0 Å². The van der Waals surface area contributed by atoms with Crippen molar-refractivity contribution in [2.75, 3.05) is 31.9 Å². The first-order valence-electron chi connectivity index (χ1n) is 11.8. The van der Waals surface area contributed by atoms with Gasteiger partial charge in [0.15, 0.2) is 0 Å². The summed E-state index contributed by atoms with van der Waals surface area (Å²) < 4.78 is 44.4. The molecule has 2 atom stereocenters. The van der Waals surface area contributed by atoms with Crippen LogP contribution in [0, 0.1) is 0 Å². The van der Waals surface area contributed by atoms with Crippen LogP contribution in [0.2, 0.25) is 19.6 Å². The molecular weight excluding hydrogens is 460 g/mol. The number of hydrogen-bond acceptors (Lipinski definition) is 7. The van der Waals surface area contributed by atoms with Crippen LogP contribution in [0.1, 0.15) is 76.2 Å². The molecule has 32 heavy (non-hydrogen) atoms. The third-order valence-corrected chi connectivity index (χ3v) is 14.8. The number of ether oxygens (including phenoxy) is 3. The van der Waals surface area contributed by atoms with Crippen molar-refractivity contribution in [1.29, 1.82) is 0 Å². The van der Waals surface area contributed by atoms with Gasteiger partial charge in [0.1, 0.15) is 0 Å². The van der Waals surface area contributed by atoms with Crippen molar-refractivity contribution in [3.05, 3.63) is 0 Å². The molecule has 2 unspecified atom stereocenters. The predicted octanol–water partition coefficient (Wildman–Crippen LogP) is 5.37. The molecule has 0 N–H and O–H groups in total. The van der Waals surface area contributed by atoms with Crippen LogP contribution in [0.4, 0.5) is 0 Å². The van der Waals surface area contributed by atoms with Gasteiger partial charge in [0, 0.05) is 13.2 Å². The highest BCUT2D eigenvalue weighted by Gasteiger charge is 2.50. The van der Waals surface area contributed by atoms with Gasteiger partial charge in [0.05, 0.1) is 35.5 Å². The molecule has 0 bridgehead atoms. The second-order valence-corrected chi connectivity index (χ2v) is 21.6. The minimum absolute atomic E-state index is 0.287. The van der Waals surface area contributed by atoms with E-state index >= 15 is 0 Å². The second kappa shape index (κ2) is 12.4. The van der Waals surface area contributed by atoms with E-state index in [0.717, 1.165) is 0 Å². The van der Waals surface area contributed by atoms with E-state index in [1.807, 2.05) is 95.8 Å². The van der Waals surface area contributed by atoms with Gasteiger partial charge in [0.25, 0.3) is 0 Å². The summed E-state index contributed by atoms with van der Waals surface area (Å²) in [4.78, 5) is 0. The molecule has 0 radical (unpaired) electrons. The molecule has 0 saturated heterocycles. The molecule has 10 heteroatoms. The minimum atomic E-state index is -2.91. The molecule has 0 aromatic carbocycles. The molecule has 0 fully saturated rings. The summed E-state index contributed by atoms with van der Waals surface area (Å²) in [6.45, 7) is 29.5. The lowest BCUT2D eigenvalue weighted by Gasteiger charge is -2.43. The van der Waals surface area contributed by atoms with Gasteiger partial charge in [-0.15, -0.1) is 0 Å². The zero-order valence-corrected chi connectivity index (χ0v) is 26.4. The predicted molar refractivity (Wildman–Crippen MR) is 137 cm³/mol. The number of hydrogen-bond donors (Lipinski definition) is 0. The van der Waals surface area contributed by atoms with Crippen molar-refractivity contribution < 1.29 is 31.3 Å². The van der Waals surface area contributed by atoms with E-state index in [1.54, 1.807) is 0 Å². The van der Waals surface area contributed by atoms with Crippen molar-refractivity contribution in [3.8, 4) is 0 Å². The lowest BCUT2D eigenvalue weighted by atomic mass is 10.2. The highest BCUT2D eigenvalue weighted by molar-refractivity contribution is 6.85. The van der Waals surface area contributed by atoms with Gasteiger partial charge in [-0.05, 0) is 95.8 Å². The minimum Gasteiger partial charge on any atom is -0.412 e. The van der Waals surface area contributed by atoms with E-state index in [9.17, 15) is 0 Å². The van der Waals surface area contributed by atoms with Gasteiger partial charge in [-0.25, -0.2) is 0 Å². The average molecular weight is 513 g/mol. The van der Waals surface area contributed by atoms with Gasteiger partial charge >= 0.3 is 25.7 Å². The van der Waals surface area contributed by atoms with E-state index < -0.39 is 25.7 Å². The quantitative estimate of drug-likeness (QED) is 0.290. The van der Waals surface area contributed by atoms with Gasteiger partial charge in [-0.2, -0.15) is 0 Å². The molecule has 0 spiro atoms. The van der Waals surface area contributed by atoms with Crippen LogP contribution in [0.3, 0.4) is 0 Å². The first-order valence-corrected chi connectivity index (χ1v) is 19.3. The maximum atomic E-state index is 6.81. The Labute approximate surface area is 201 Å². The Morgan fingerprint density at radius 2 is 0.719 bits per heavy atom. The molecule has 0 aromatic heterocycles. The van der Waals surface area contributed by atoms with Crippen molar-refractivity contribution in [3.63, 3.8) is 0 Å². The molecule has 0 rings (SSSR count). The van der Waals surface area contributed by atoms with Gasteiger partial charge < -0.3 is 31.3 Å². The molecule has 0 saturated carbocycles. The van der Waals surface area contributed by atoms with Crippen LogP contribution in [-0.2, 0) is 31.3 Å². The topological polar surface area (TPSA) is 64.6 Å². The summed E-state index contributed by atoms with van der Waals surface area (Å²) in [5.74, 6) is 0. The molecule has 0 aliphatic carbocycles. The Morgan fingerprint density at radius 1 is 0.469 bits per heavy atom. The SMILES string of the molecule is CCO[Si](C)(COC(C)(C)C)O[Si](C)(COC(C)(C)C)O[Si](C)(COC(C)(C)C)OCC. The van der Waals surface area contributed by atoms with Crippen molar-refractivity contribution in [2.45, 2.75) is 113 Å². The zero-order chi connectivity index (χ0) is 25.5. The van der Waals surface area contributed by atoms with E-state index in [-0.39, 0.29) is 16.8 Å². The largest absolute Gasteiger partial charge is 0.412 e. The van der Waals surface area contributed by atoms with Gasteiger partial charge in [-0.1, -0.05) is 0 Å². The van der Waals surface area contributed by atoms with Gasteiger partial charge in [-0.3, -0.25) is 0 Å². The summed E-state index contributed by atoms with van der Waals surface area (Å²) in [6.07, 6.45) is 1.20. The van der Waals surface area contributed by atoms with E-state index in [0.29, 0.717) is 31.9 Å². The van der Waals surface area contributed by atoms with Crippen molar-refractivity contribution in [1.82, 2.24) is 0 Å². The molecular formula is C22H52O7Si3. The van der Waals surface area contributed by atoms with Crippen LogP contribution < -0.4 is 0 Å². The Bertz CT molecular complexity index is 507. The maximum absolute atomic E-state index is 6.81. The first kappa shape index (κ1) is 32.4. The highest BCUT2D eigenvalue weighted by atomic mass is 28.5. The van der Waals surface area contributed by atoms with E-state index in [4.69, 9.17) is 31.3 Å². The van der Waals surface area contributed by atoms with Crippen LogP contribution >= 0.6 is 0 Å². The molecule has 0 aromatic rings. The summed E-state index contributed by atoms with van der Waals surface area (Å²) >= 11 is 0. The molecule has 0 heterocycles. The molecule has 194 valence electrons. The normalized spacial score (nSPS) is 19.3. The Kier molecular flexibility index (Phi) is 12.5. The second-order valence-electron chi connectivity index (χ2n) is 11.7. The fraction of sp³-hybridized carbons (Fsp3) is 1.00. The zero-order valence-electron chi connectivity index (χ0n) is 23.4. The lowest BCUT2D eigenvalue weighted by Crippen LogP contribution is -2.64.